The second kappa shape index (κ2) is 9.63. The lowest BCUT2D eigenvalue weighted by Crippen LogP contribution is -2.45. The molecular formula is C22H33ClFN3O2. The molecule has 2 aliphatic rings. The van der Waals surface area contributed by atoms with Crippen molar-refractivity contribution < 1.29 is 9.13 Å². The SMILES string of the molecule is CCCO[C@H]1CC[C@@H](N2CCC(n3c(=O)[nH]c4cc(F)c(C)cc43)CC2)CC1.Cl. The predicted molar refractivity (Wildman–Crippen MR) is 117 cm³/mol. The molecule has 0 bridgehead atoms. The zero-order valence-corrected chi connectivity index (χ0v) is 18.3. The maximum absolute atomic E-state index is 13.8. The minimum atomic E-state index is -0.269. The van der Waals surface area contributed by atoms with E-state index in [9.17, 15) is 9.18 Å². The molecule has 2 aromatic rings. The Morgan fingerprint density at radius 2 is 1.79 bits per heavy atom. The number of benzene rings is 1. The Labute approximate surface area is 178 Å². The number of piperidine rings is 1. The monoisotopic (exact) mass is 425 g/mol. The normalized spacial score (nSPS) is 24.0. The van der Waals surface area contributed by atoms with E-state index in [0.717, 1.165) is 57.3 Å². The number of hydrogen-bond acceptors (Lipinski definition) is 3. The van der Waals surface area contributed by atoms with Gasteiger partial charge in [0.2, 0.25) is 0 Å². The van der Waals surface area contributed by atoms with Gasteiger partial charge in [-0.15, -0.1) is 12.4 Å². The lowest BCUT2D eigenvalue weighted by molar-refractivity contribution is 0.00254. The molecule has 4 rings (SSSR count). The van der Waals surface area contributed by atoms with Gasteiger partial charge in [-0.2, -0.15) is 0 Å². The molecule has 1 aromatic heterocycles. The topological polar surface area (TPSA) is 50.3 Å². The second-order valence-corrected chi connectivity index (χ2v) is 8.49. The van der Waals surface area contributed by atoms with Crippen molar-refractivity contribution in [3.63, 3.8) is 0 Å². The molecule has 1 saturated carbocycles. The van der Waals surface area contributed by atoms with Gasteiger partial charge in [-0.3, -0.25) is 4.57 Å². The Bertz CT molecular complexity index is 865. The van der Waals surface area contributed by atoms with Crippen molar-refractivity contribution in [3.8, 4) is 0 Å². The highest BCUT2D eigenvalue weighted by Gasteiger charge is 2.30. The molecule has 1 aliphatic carbocycles. The van der Waals surface area contributed by atoms with Crippen LogP contribution >= 0.6 is 12.4 Å². The van der Waals surface area contributed by atoms with Crippen molar-refractivity contribution in [2.24, 2.45) is 0 Å². The number of halogens is 2. The molecule has 7 heteroatoms. The number of H-pyrrole nitrogens is 1. The lowest BCUT2D eigenvalue weighted by atomic mass is 9.90. The zero-order valence-electron chi connectivity index (χ0n) is 17.5. The Balaban J connectivity index is 0.00000240. The van der Waals surface area contributed by atoms with Crippen LogP contribution in [0.2, 0.25) is 0 Å². The molecule has 0 spiro atoms. The van der Waals surface area contributed by atoms with Crippen molar-refractivity contribution in [2.75, 3.05) is 19.7 Å². The Morgan fingerprint density at radius 3 is 2.45 bits per heavy atom. The average Bonchev–Trinajstić information content (AvgIpc) is 3.02. The summed E-state index contributed by atoms with van der Waals surface area (Å²) in [6.07, 6.45) is 8.23. The third kappa shape index (κ3) is 4.70. The summed E-state index contributed by atoms with van der Waals surface area (Å²) in [4.78, 5) is 18.0. The van der Waals surface area contributed by atoms with E-state index in [-0.39, 0.29) is 30.0 Å². The van der Waals surface area contributed by atoms with Crippen LogP contribution in [0.1, 0.15) is 63.5 Å². The first kappa shape index (κ1) is 22.3. The van der Waals surface area contributed by atoms with Crippen LogP contribution in [0.5, 0.6) is 0 Å². The van der Waals surface area contributed by atoms with Crippen molar-refractivity contribution >= 4 is 23.4 Å². The van der Waals surface area contributed by atoms with Gasteiger partial charge in [-0.1, -0.05) is 6.92 Å². The van der Waals surface area contributed by atoms with Gasteiger partial charge in [0.05, 0.1) is 17.1 Å². The summed E-state index contributed by atoms with van der Waals surface area (Å²) in [6.45, 7) is 6.83. The van der Waals surface area contributed by atoms with Gasteiger partial charge in [0, 0.05) is 31.8 Å². The lowest BCUT2D eigenvalue weighted by Gasteiger charge is -2.41. The number of likely N-dealkylation sites (tertiary alicyclic amines) is 1. The van der Waals surface area contributed by atoms with E-state index in [0.29, 0.717) is 23.2 Å². The van der Waals surface area contributed by atoms with Crippen molar-refractivity contribution in [2.45, 2.75) is 77.0 Å². The maximum atomic E-state index is 13.8. The van der Waals surface area contributed by atoms with Crippen LogP contribution in [0.25, 0.3) is 11.0 Å². The largest absolute Gasteiger partial charge is 0.378 e. The van der Waals surface area contributed by atoms with E-state index >= 15 is 0 Å². The van der Waals surface area contributed by atoms with Crippen LogP contribution < -0.4 is 5.69 Å². The highest BCUT2D eigenvalue weighted by molar-refractivity contribution is 5.85. The highest BCUT2D eigenvalue weighted by atomic mass is 35.5. The molecule has 29 heavy (non-hydrogen) atoms. The Morgan fingerprint density at radius 1 is 1.10 bits per heavy atom. The number of nitrogens with one attached hydrogen (secondary N) is 1. The van der Waals surface area contributed by atoms with Gasteiger partial charge in [0.1, 0.15) is 5.82 Å². The first-order valence-corrected chi connectivity index (χ1v) is 10.8. The van der Waals surface area contributed by atoms with Gasteiger partial charge < -0.3 is 14.6 Å². The third-order valence-electron chi connectivity index (χ3n) is 6.58. The van der Waals surface area contributed by atoms with Gasteiger partial charge in [0.15, 0.2) is 0 Å². The molecule has 1 aliphatic heterocycles. The Kier molecular flexibility index (Phi) is 7.41. The van der Waals surface area contributed by atoms with Crippen LogP contribution in [0, 0.1) is 12.7 Å². The average molecular weight is 426 g/mol. The van der Waals surface area contributed by atoms with E-state index in [1.165, 1.54) is 18.9 Å². The first-order chi connectivity index (χ1) is 13.6. The van der Waals surface area contributed by atoms with Gasteiger partial charge in [0.25, 0.3) is 0 Å². The molecule has 1 saturated heterocycles. The third-order valence-corrected chi connectivity index (χ3v) is 6.58. The fraction of sp³-hybridized carbons (Fsp3) is 0.682. The summed E-state index contributed by atoms with van der Waals surface area (Å²) >= 11 is 0. The molecule has 0 amide bonds. The van der Waals surface area contributed by atoms with Crippen LogP contribution in [-0.2, 0) is 4.74 Å². The predicted octanol–water partition coefficient (Wildman–Crippen LogP) is 4.57. The van der Waals surface area contributed by atoms with E-state index in [1.807, 2.05) is 4.57 Å². The fourth-order valence-electron chi connectivity index (χ4n) is 4.98. The summed E-state index contributed by atoms with van der Waals surface area (Å²) in [5, 5.41) is 0. The number of nitrogens with zero attached hydrogens (tertiary/aromatic N) is 2. The van der Waals surface area contributed by atoms with E-state index in [4.69, 9.17) is 4.74 Å². The van der Waals surface area contributed by atoms with Gasteiger partial charge in [-0.25, -0.2) is 9.18 Å². The number of fused-ring (bicyclic) bond motifs is 1. The summed E-state index contributed by atoms with van der Waals surface area (Å²) in [5.41, 5.74) is 1.89. The molecule has 162 valence electrons. The molecule has 1 N–H and O–H groups in total. The molecular weight excluding hydrogens is 393 g/mol. The van der Waals surface area contributed by atoms with E-state index < -0.39 is 0 Å². The minimum absolute atomic E-state index is 0. The van der Waals surface area contributed by atoms with E-state index in [1.54, 1.807) is 13.0 Å². The summed E-state index contributed by atoms with van der Waals surface area (Å²) in [5.74, 6) is -0.269. The smallest absolute Gasteiger partial charge is 0.326 e. The van der Waals surface area contributed by atoms with Crippen molar-refractivity contribution in [3.05, 3.63) is 34.0 Å². The minimum Gasteiger partial charge on any atom is -0.378 e. The number of imidazole rings is 1. The molecule has 0 unspecified atom stereocenters. The molecule has 5 nitrogen and oxygen atoms in total. The fourth-order valence-corrected chi connectivity index (χ4v) is 4.98. The Hall–Kier alpha value is -1.37. The van der Waals surface area contributed by atoms with Crippen LogP contribution in [0.4, 0.5) is 4.39 Å². The number of aromatic amines is 1. The highest BCUT2D eigenvalue weighted by Crippen LogP contribution is 2.31. The molecule has 0 atom stereocenters. The summed E-state index contributed by atoms with van der Waals surface area (Å²) < 4.78 is 21.6. The first-order valence-electron chi connectivity index (χ1n) is 10.8. The zero-order chi connectivity index (χ0) is 19.7. The summed E-state index contributed by atoms with van der Waals surface area (Å²) in [6, 6.07) is 4.08. The second-order valence-electron chi connectivity index (χ2n) is 8.49. The van der Waals surface area contributed by atoms with Crippen LogP contribution in [0.15, 0.2) is 16.9 Å². The number of aromatic nitrogens is 2. The molecule has 1 aromatic carbocycles. The van der Waals surface area contributed by atoms with Gasteiger partial charge >= 0.3 is 5.69 Å². The molecule has 2 fully saturated rings. The molecule has 0 radical (unpaired) electrons. The van der Waals surface area contributed by atoms with Gasteiger partial charge in [-0.05, 0) is 69.6 Å². The number of ether oxygens (including phenoxy) is 1. The van der Waals surface area contributed by atoms with Crippen molar-refractivity contribution in [1.29, 1.82) is 0 Å². The van der Waals surface area contributed by atoms with Crippen LogP contribution in [0.3, 0.4) is 0 Å². The number of rotatable bonds is 5. The van der Waals surface area contributed by atoms with Crippen molar-refractivity contribution in [1.82, 2.24) is 14.5 Å². The molecule has 2 heterocycles. The number of hydrogen-bond donors (Lipinski definition) is 1. The quantitative estimate of drug-likeness (QED) is 0.763. The van der Waals surface area contributed by atoms with Crippen LogP contribution in [-0.4, -0.2) is 46.3 Å². The maximum Gasteiger partial charge on any atom is 0.326 e. The summed E-state index contributed by atoms with van der Waals surface area (Å²) in [7, 11) is 0. The standard InChI is InChI=1S/C22H32FN3O2.ClH/c1-3-12-28-18-6-4-16(5-7-18)25-10-8-17(9-11-25)26-21-13-15(2)19(23)14-20(21)24-22(26)27;/h13-14,16-18H,3-12H2,1-2H3,(H,24,27);1H/t16-,18+;. The van der Waals surface area contributed by atoms with E-state index in [2.05, 4.69) is 16.8 Å². The number of aryl methyl sites for hydroxylation is 1.